The van der Waals surface area contributed by atoms with Crippen molar-refractivity contribution in [3.8, 4) is 0 Å². The Labute approximate surface area is 120 Å². The Morgan fingerprint density at radius 3 is 2.25 bits per heavy atom. The van der Waals surface area contributed by atoms with Gasteiger partial charge < -0.3 is 10.4 Å². The van der Waals surface area contributed by atoms with E-state index in [9.17, 15) is 13.5 Å². The van der Waals surface area contributed by atoms with Crippen LogP contribution in [0.1, 0.15) is 12.5 Å². The summed E-state index contributed by atoms with van der Waals surface area (Å²) >= 11 is 0. The summed E-state index contributed by atoms with van der Waals surface area (Å²) in [7, 11) is -3.18. The van der Waals surface area contributed by atoms with Gasteiger partial charge in [0, 0.05) is 32.4 Å². The van der Waals surface area contributed by atoms with Crippen LogP contribution >= 0.6 is 0 Å². The zero-order valence-corrected chi connectivity index (χ0v) is 12.8. The summed E-state index contributed by atoms with van der Waals surface area (Å²) in [5.74, 6) is 0. The van der Waals surface area contributed by atoms with Crippen LogP contribution in [0.3, 0.4) is 0 Å². The average molecular weight is 298 g/mol. The molecule has 1 saturated heterocycles. The fraction of sp³-hybridized carbons (Fsp3) is 0.571. The summed E-state index contributed by atoms with van der Waals surface area (Å²) in [5, 5.41) is 13.1. The number of rotatable bonds is 4. The van der Waals surface area contributed by atoms with E-state index in [2.05, 4.69) is 10.2 Å². The van der Waals surface area contributed by atoms with Crippen molar-refractivity contribution >= 4 is 9.84 Å². The molecule has 1 atom stereocenters. The van der Waals surface area contributed by atoms with Crippen molar-refractivity contribution < 1.29 is 13.5 Å². The monoisotopic (exact) mass is 298 g/mol. The summed E-state index contributed by atoms with van der Waals surface area (Å²) in [6.07, 6.45) is 1.20. The molecule has 1 fully saturated rings. The Morgan fingerprint density at radius 2 is 1.80 bits per heavy atom. The van der Waals surface area contributed by atoms with Crippen LogP contribution < -0.4 is 5.32 Å². The van der Waals surface area contributed by atoms with Gasteiger partial charge in [-0.15, -0.1) is 0 Å². The zero-order chi connectivity index (χ0) is 14.8. The number of aliphatic hydroxyl groups excluding tert-OH is 1. The Kier molecular flexibility index (Phi) is 4.49. The summed E-state index contributed by atoms with van der Waals surface area (Å²) < 4.78 is 23.0. The van der Waals surface area contributed by atoms with Gasteiger partial charge in [-0.25, -0.2) is 8.42 Å². The van der Waals surface area contributed by atoms with Gasteiger partial charge in [0.1, 0.15) is 0 Å². The normalized spacial score (nSPS) is 20.6. The van der Waals surface area contributed by atoms with Crippen molar-refractivity contribution in [1.29, 1.82) is 0 Å². The van der Waals surface area contributed by atoms with Gasteiger partial charge in [0.05, 0.1) is 17.0 Å². The van der Waals surface area contributed by atoms with Crippen LogP contribution in [-0.4, -0.2) is 57.5 Å². The van der Waals surface area contributed by atoms with Gasteiger partial charge in [0.2, 0.25) is 0 Å². The third-order valence-electron chi connectivity index (χ3n) is 4.03. The van der Waals surface area contributed by atoms with E-state index in [0.29, 0.717) is 4.90 Å². The quantitative estimate of drug-likeness (QED) is 0.831. The number of hydrogen-bond acceptors (Lipinski definition) is 5. The molecule has 0 spiro atoms. The van der Waals surface area contributed by atoms with Crippen LogP contribution in [0, 0.1) is 0 Å². The van der Waals surface area contributed by atoms with Crippen molar-refractivity contribution in [3.05, 3.63) is 29.8 Å². The fourth-order valence-electron chi connectivity index (χ4n) is 2.59. The van der Waals surface area contributed by atoms with Gasteiger partial charge in [-0.1, -0.05) is 12.1 Å². The highest BCUT2D eigenvalue weighted by Gasteiger charge is 2.33. The van der Waals surface area contributed by atoms with Crippen molar-refractivity contribution in [2.75, 3.05) is 39.0 Å². The highest BCUT2D eigenvalue weighted by Crippen LogP contribution is 2.29. The Hall–Kier alpha value is -0.950. The second-order valence-corrected chi connectivity index (χ2v) is 7.48. The fourth-order valence-corrected chi connectivity index (χ4v) is 3.22. The molecule has 1 unspecified atom stereocenters. The van der Waals surface area contributed by atoms with E-state index >= 15 is 0 Å². The maximum absolute atomic E-state index is 11.5. The molecule has 2 rings (SSSR count). The molecule has 20 heavy (non-hydrogen) atoms. The molecule has 0 bridgehead atoms. The first-order valence-corrected chi connectivity index (χ1v) is 8.64. The molecule has 0 aromatic heterocycles. The van der Waals surface area contributed by atoms with E-state index in [-0.39, 0.29) is 6.61 Å². The van der Waals surface area contributed by atoms with Gasteiger partial charge in [-0.2, -0.15) is 0 Å². The summed E-state index contributed by atoms with van der Waals surface area (Å²) in [5.41, 5.74) is 0.465. The molecule has 0 saturated carbocycles. The largest absolute Gasteiger partial charge is 0.394 e. The molecule has 1 heterocycles. The smallest absolute Gasteiger partial charge is 0.175 e. The van der Waals surface area contributed by atoms with Crippen molar-refractivity contribution in [3.63, 3.8) is 0 Å². The molecule has 2 N–H and O–H groups in total. The molecular weight excluding hydrogens is 276 g/mol. The van der Waals surface area contributed by atoms with E-state index in [4.69, 9.17) is 0 Å². The minimum Gasteiger partial charge on any atom is -0.394 e. The van der Waals surface area contributed by atoms with E-state index in [1.54, 1.807) is 24.3 Å². The van der Waals surface area contributed by atoms with Crippen LogP contribution in [0.15, 0.2) is 29.2 Å². The predicted octanol–water partition coefficient (Wildman–Crippen LogP) is 0.203. The first-order valence-electron chi connectivity index (χ1n) is 6.75. The molecule has 1 aliphatic rings. The van der Waals surface area contributed by atoms with Crippen molar-refractivity contribution in [2.24, 2.45) is 0 Å². The van der Waals surface area contributed by atoms with Gasteiger partial charge in [-0.05, 0) is 24.6 Å². The number of nitrogens with one attached hydrogen (secondary N) is 1. The minimum atomic E-state index is -3.18. The third-order valence-corrected chi connectivity index (χ3v) is 5.16. The second-order valence-electron chi connectivity index (χ2n) is 5.47. The molecule has 1 aliphatic heterocycles. The van der Waals surface area contributed by atoms with Gasteiger partial charge in [-0.3, -0.25) is 4.90 Å². The lowest BCUT2D eigenvalue weighted by molar-refractivity contribution is 0.0311. The topological polar surface area (TPSA) is 69.6 Å². The van der Waals surface area contributed by atoms with Crippen LogP contribution in [0.25, 0.3) is 0 Å². The van der Waals surface area contributed by atoms with E-state index in [0.717, 1.165) is 31.7 Å². The number of aliphatic hydroxyl groups is 1. The number of piperazine rings is 1. The lowest BCUT2D eigenvalue weighted by Gasteiger charge is -2.43. The SMILES string of the molecule is CC(CO)(c1ccc(S(C)(=O)=O)cc1)N1CCNCC1. The van der Waals surface area contributed by atoms with Crippen molar-refractivity contribution in [1.82, 2.24) is 10.2 Å². The molecule has 112 valence electrons. The van der Waals surface area contributed by atoms with E-state index in [1.807, 2.05) is 6.92 Å². The Morgan fingerprint density at radius 1 is 1.25 bits per heavy atom. The minimum absolute atomic E-state index is 0.00518. The van der Waals surface area contributed by atoms with E-state index < -0.39 is 15.4 Å². The standard InChI is InChI=1S/C14H22N2O3S/c1-14(11-17,16-9-7-15-8-10-16)12-3-5-13(6-4-12)20(2,18)19/h3-6,15,17H,7-11H2,1-2H3. The molecule has 1 aromatic rings. The number of nitrogens with zero attached hydrogens (tertiary/aromatic N) is 1. The highest BCUT2D eigenvalue weighted by atomic mass is 32.2. The third kappa shape index (κ3) is 3.03. The molecule has 0 aliphatic carbocycles. The lowest BCUT2D eigenvalue weighted by atomic mass is 9.90. The van der Waals surface area contributed by atoms with Crippen LogP contribution in [0.4, 0.5) is 0 Å². The van der Waals surface area contributed by atoms with Crippen LogP contribution in [-0.2, 0) is 15.4 Å². The number of sulfone groups is 1. The lowest BCUT2D eigenvalue weighted by Crippen LogP contribution is -2.54. The first kappa shape index (κ1) is 15.4. The van der Waals surface area contributed by atoms with Gasteiger partial charge in [0.15, 0.2) is 9.84 Å². The predicted molar refractivity (Wildman–Crippen MR) is 78.4 cm³/mol. The molecule has 1 aromatic carbocycles. The average Bonchev–Trinajstić information content (AvgIpc) is 2.46. The van der Waals surface area contributed by atoms with E-state index in [1.165, 1.54) is 6.26 Å². The summed E-state index contributed by atoms with van der Waals surface area (Å²) in [4.78, 5) is 2.54. The Balaban J connectivity index is 2.31. The summed E-state index contributed by atoms with van der Waals surface area (Å²) in [6.45, 7) is 5.53. The van der Waals surface area contributed by atoms with Crippen LogP contribution in [0.2, 0.25) is 0 Å². The summed E-state index contributed by atoms with van der Waals surface area (Å²) in [6, 6.07) is 6.82. The maximum Gasteiger partial charge on any atom is 0.175 e. The molecule has 0 radical (unpaired) electrons. The first-order chi connectivity index (χ1) is 9.38. The number of benzene rings is 1. The highest BCUT2D eigenvalue weighted by molar-refractivity contribution is 7.90. The van der Waals surface area contributed by atoms with Crippen LogP contribution in [0.5, 0.6) is 0 Å². The molecular formula is C14H22N2O3S. The molecule has 5 nitrogen and oxygen atoms in total. The van der Waals surface area contributed by atoms with Crippen molar-refractivity contribution in [2.45, 2.75) is 17.4 Å². The number of hydrogen-bond donors (Lipinski definition) is 2. The maximum atomic E-state index is 11.5. The van der Waals surface area contributed by atoms with Gasteiger partial charge in [0.25, 0.3) is 0 Å². The van der Waals surface area contributed by atoms with Gasteiger partial charge >= 0.3 is 0 Å². The second kappa shape index (κ2) is 5.81. The molecule has 0 amide bonds. The Bertz CT molecular complexity index is 550. The zero-order valence-electron chi connectivity index (χ0n) is 12.0. The molecule has 6 heteroatoms.